The largest absolute Gasteiger partial charge is 0.394 e. The predicted molar refractivity (Wildman–Crippen MR) is 419 cm³/mol. The average molecular weight is 1350 g/mol. The van der Waals surface area contributed by atoms with E-state index >= 15 is 0 Å². The Morgan fingerprint density at radius 3 is 0.948 bits per heavy atom. The van der Waals surface area contributed by atoms with E-state index in [9.17, 15) is 30.3 Å². The van der Waals surface area contributed by atoms with Crippen molar-refractivity contribution in [2.24, 2.45) is 0 Å². The molecule has 1 aliphatic heterocycles. The molecule has 0 bridgehead atoms. The van der Waals surface area contributed by atoms with Crippen LogP contribution in [0, 0.1) is 0 Å². The molecule has 7 atom stereocenters. The fourth-order valence-corrected chi connectivity index (χ4v) is 12.4. The molecule has 0 aromatic carbocycles. The molecule has 0 aromatic rings. The molecule has 1 amide bonds. The molecule has 0 spiro atoms. The Morgan fingerprint density at radius 2 is 0.639 bits per heavy atom. The molecule has 6 N–H and O–H groups in total. The first-order valence-electron chi connectivity index (χ1n) is 40.9. The van der Waals surface area contributed by atoms with Gasteiger partial charge in [0.1, 0.15) is 24.4 Å². The molecule has 1 fully saturated rings. The van der Waals surface area contributed by atoms with Crippen LogP contribution in [-0.2, 0) is 14.3 Å². The maximum absolute atomic E-state index is 13.2. The van der Waals surface area contributed by atoms with Gasteiger partial charge in [0.2, 0.25) is 5.91 Å². The third-order valence-electron chi connectivity index (χ3n) is 18.7. The summed E-state index contributed by atoms with van der Waals surface area (Å²) in [6.45, 7) is 3.70. The van der Waals surface area contributed by atoms with Crippen LogP contribution in [0.15, 0.2) is 134 Å². The van der Waals surface area contributed by atoms with E-state index in [-0.39, 0.29) is 12.5 Å². The number of hydrogen-bond acceptors (Lipinski definition) is 8. The van der Waals surface area contributed by atoms with Gasteiger partial charge in [-0.25, -0.2) is 0 Å². The van der Waals surface area contributed by atoms with Crippen LogP contribution in [0.5, 0.6) is 0 Å². The fourth-order valence-electron chi connectivity index (χ4n) is 12.4. The maximum atomic E-state index is 13.2. The van der Waals surface area contributed by atoms with Crippen molar-refractivity contribution in [3.05, 3.63) is 134 Å². The van der Waals surface area contributed by atoms with Gasteiger partial charge in [-0.1, -0.05) is 392 Å². The monoisotopic (exact) mass is 1350 g/mol. The summed E-state index contributed by atoms with van der Waals surface area (Å²) in [5.74, 6) is -0.182. The number of amides is 1. The van der Waals surface area contributed by atoms with Gasteiger partial charge in [-0.15, -0.1) is 0 Å². The second kappa shape index (κ2) is 75.0. The third kappa shape index (κ3) is 63.0. The van der Waals surface area contributed by atoms with Crippen molar-refractivity contribution in [1.29, 1.82) is 0 Å². The van der Waals surface area contributed by atoms with Crippen molar-refractivity contribution < 1.29 is 39.8 Å². The zero-order valence-corrected chi connectivity index (χ0v) is 62.8. The van der Waals surface area contributed by atoms with Crippen LogP contribution >= 0.6 is 0 Å². The Morgan fingerprint density at radius 1 is 0.361 bits per heavy atom. The van der Waals surface area contributed by atoms with Crippen molar-refractivity contribution in [2.45, 2.75) is 403 Å². The van der Waals surface area contributed by atoms with E-state index in [0.717, 1.165) is 116 Å². The van der Waals surface area contributed by atoms with E-state index in [0.29, 0.717) is 6.42 Å². The summed E-state index contributed by atoms with van der Waals surface area (Å²) in [7, 11) is 0. The normalized spacial score (nSPS) is 18.1. The number of hydrogen-bond donors (Lipinski definition) is 6. The van der Waals surface area contributed by atoms with Crippen LogP contribution in [0.1, 0.15) is 361 Å². The number of unbranched alkanes of at least 4 members (excludes halogenated alkanes) is 41. The van der Waals surface area contributed by atoms with Crippen molar-refractivity contribution in [3.63, 3.8) is 0 Å². The molecule has 0 aromatic heterocycles. The Bertz CT molecular complexity index is 2010. The highest BCUT2D eigenvalue weighted by Crippen LogP contribution is 2.24. The van der Waals surface area contributed by atoms with Gasteiger partial charge < -0.3 is 40.3 Å². The molecule has 0 radical (unpaired) electrons. The molecule has 97 heavy (non-hydrogen) atoms. The van der Waals surface area contributed by atoms with Gasteiger partial charge in [0.15, 0.2) is 6.29 Å². The molecule has 7 unspecified atom stereocenters. The number of aliphatic hydroxyl groups excluding tert-OH is 5. The fraction of sp³-hybridized carbons (Fsp3) is 0.739. The highest BCUT2D eigenvalue weighted by molar-refractivity contribution is 5.76. The Kier molecular flexibility index (Phi) is 70.6. The van der Waals surface area contributed by atoms with Crippen molar-refractivity contribution >= 4 is 5.91 Å². The first kappa shape index (κ1) is 91.3. The quantitative estimate of drug-likeness (QED) is 0.0261. The zero-order chi connectivity index (χ0) is 69.9. The molecule has 0 aliphatic carbocycles. The summed E-state index contributed by atoms with van der Waals surface area (Å²) < 4.78 is 11.3. The smallest absolute Gasteiger partial charge is 0.220 e. The number of aliphatic hydroxyl groups is 5. The molecule has 0 saturated carbocycles. The Hall–Kier alpha value is -3.67. The van der Waals surface area contributed by atoms with Gasteiger partial charge in [-0.3, -0.25) is 4.79 Å². The summed E-state index contributed by atoms with van der Waals surface area (Å²) >= 11 is 0. The number of carbonyl (C=O) groups is 1. The number of carbonyl (C=O) groups excluding carboxylic acids is 1. The number of ether oxygens (including phenoxy) is 2. The van der Waals surface area contributed by atoms with Gasteiger partial charge in [-0.2, -0.15) is 0 Å². The lowest BCUT2D eigenvalue weighted by molar-refractivity contribution is -0.302. The van der Waals surface area contributed by atoms with Gasteiger partial charge in [0.05, 0.1) is 25.4 Å². The summed E-state index contributed by atoms with van der Waals surface area (Å²) in [4.78, 5) is 13.2. The second-order valence-corrected chi connectivity index (χ2v) is 27.8. The molecule has 1 aliphatic rings. The SMILES string of the molecule is CC/C=C\C/C=C\C/C=C\C/C=C\C/C=C\C/C=C\C/C=C\C/C=C\C/C=C\C/C=C\CCCCCCCCCCCCC(=O)NC(COC1OC(CO)C(O)C(O)C1O)C(O)/C=C/CCCCCCCCCCCCCCCCCCCCCCCCCCCCCCCCC. The van der Waals surface area contributed by atoms with Gasteiger partial charge in [0, 0.05) is 6.42 Å². The van der Waals surface area contributed by atoms with Gasteiger partial charge >= 0.3 is 0 Å². The lowest BCUT2D eigenvalue weighted by Gasteiger charge is -2.40. The van der Waals surface area contributed by atoms with E-state index in [1.54, 1.807) is 6.08 Å². The summed E-state index contributed by atoms with van der Waals surface area (Å²) in [5, 5.41) is 55.0. The number of rotatable bonds is 71. The van der Waals surface area contributed by atoms with Gasteiger partial charge in [-0.05, 0) is 96.3 Å². The lowest BCUT2D eigenvalue weighted by atomic mass is 9.99. The van der Waals surface area contributed by atoms with E-state index < -0.39 is 49.5 Å². The summed E-state index contributed by atoms with van der Waals surface area (Å²) in [6.07, 6.45) is 107. The highest BCUT2D eigenvalue weighted by Gasteiger charge is 2.44. The minimum Gasteiger partial charge on any atom is -0.394 e. The molecule has 1 heterocycles. The van der Waals surface area contributed by atoms with E-state index in [4.69, 9.17) is 9.47 Å². The predicted octanol–water partition coefficient (Wildman–Crippen LogP) is 23.9. The van der Waals surface area contributed by atoms with Crippen molar-refractivity contribution in [1.82, 2.24) is 5.32 Å². The average Bonchev–Trinajstić information content (AvgIpc) is 0.854. The van der Waals surface area contributed by atoms with Gasteiger partial charge in [0.25, 0.3) is 0 Å². The second-order valence-electron chi connectivity index (χ2n) is 27.8. The summed E-state index contributed by atoms with van der Waals surface area (Å²) in [5.41, 5.74) is 0. The Balaban J connectivity index is 2.11. The minimum atomic E-state index is -1.58. The molecular formula is C88H153NO8. The van der Waals surface area contributed by atoms with E-state index in [2.05, 4.69) is 141 Å². The number of nitrogens with one attached hydrogen (secondary N) is 1. The van der Waals surface area contributed by atoms with Crippen LogP contribution in [-0.4, -0.2) is 87.5 Å². The summed E-state index contributed by atoms with van der Waals surface area (Å²) in [6, 6.07) is -0.819. The molecule has 1 rings (SSSR count). The topological polar surface area (TPSA) is 149 Å². The molecule has 558 valence electrons. The zero-order valence-electron chi connectivity index (χ0n) is 62.8. The van der Waals surface area contributed by atoms with Crippen molar-refractivity contribution in [3.8, 4) is 0 Å². The molecule has 1 saturated heterocycles. The third-order valence-corrected chi connectivity index (χ3v) is 18.7. The number of allylic oxidation sites excluding steroid dienone is 21. The maximum Gasteiger partial charge on any atom is 0.220 e. The highest BCUT2D eigenvalue weighted by atomic mass is 16.7. The molecule has 9 heteroatoms. The van der Waals surface area contributed by atoms with Crippen LogP contribution in [0.2, 0.25) is 0 Å². The first-order chi connectivity index (χ1) is 47.8. The minimum absolute atomic E-state index is 0.182. The van der Waals surface area contributed by atoms with Crippen LogP contribution < -0.4 is 5.32 Å². The lowest BCUT2D eigenvalue weighted by Crippen LogP contribution is -2.60. The Labute approximate surface area is 598 Å². The van der Waals surface area contributed by atoms with E-state index in [1.807, 2.05) is 6.08 Å². The van der Waals surface area contributed by atoms with Crippen LogP contribution in [0.3, 0.4) is 0 Å². The van der Waals surface area contributed by atoms with Crippen LogP contribution in [0.4, 0.5) is 0 Å². The van der Waals surface area contributed by atoms with E-state index in [1.165, 1.54) is 225 Å². The molecular weight excluding hydrogens is 1200 g/mol. The molecule has 9 nitrogen and oxygen atoms in total. The van der Waals surface area contributed by atoms with Crippen molar-refractivity contribution in [2.75, 3.05) is 13.2 Å². The standard InChI is InChI=1S/C88H153NO8/c1-3-5-7-9-11-13-15-17-19-21-23-25-27-29-31-33-35-37-38-39-40-41-42-43-44-46-48-50-52-54-56-58-60-62-64-66-68-70-72-74-76-78-84(92)89-81(80-96-88-87(95)86(94)85(93)83(79-90)97-88)82(91)77-75-73-71-69-67-65-63-61-59-57-55-53-51-49-47-45-36-34-32-30-28-26-24-22-20-18-16-14-12-10-8-6-4-2/h5,7,11,13,17,19,23,25,29,31,35,37,39-40,42-43,46,48,52,54,75,77,81-83,85-88,90-91,93-95H,3-4,6,8-10,12,14-16,18,20-22,24,26-28,30,32-34,36,38,41,44-45,47,49-51,53,55-74,76,78-80H2,1-2H3,(H,89,92)/b7-5-,13-11-,19-17-,25-23-,31-29-,37-35-,40-39-,43-42-,48-46-,54-52-,77-75+. The van der Waals surface area contributed by atoms with Crippen LogP contribution in [0.25, 0.3) is 0 Å². The first-order valence-corrected chi connectivity index (χ1v) is 40.9.